The molecule has 0 radical (unpaired) electrons. The number of guanidine groups is 1. The molecule has 28 heavy (non-hydrogen) atoms. The molecule has 9 heteroatoms. The van der Waals surface area contributed by atoms with Crippen molar-refractivity contribution >= 4 is 47.4 Å². The van der Waals surface area contributed by atoms with Gasteiger partial charge in [0.05, 0.1) is 17.2 Å². The summed E-state index contributed by atoms with van der Waals surface area (Å²) in [5.41, 5.74) is 0.561. The normalized spacial score (nSPS) is 12.8. The number of carbonyl (C=O) groups is 1. The average Bonchev–Trinajstić information content (AvgIpc) is 2.87. The maximum Gasteiger partial charge on any atom is 0.410 e. The lowest BCUT2D eigenvalue weighted by Crippen LogP contribution is -2.42. The number of aliphatic imine (C=N–C) groups is 1. The number of aromatic nitrogens is 1. The fraction of sp³-hybridized carbons (Fsp3) is 0.737. The molecular formula is C19H36IN5O2S. The molecule has 0 saturated carbocycles. The number of halogens is 1. The van der Waals surface area contributed by atoms with Crippen LogP contribution in [-0.2, 0) is 11.3 Å². The number of carbonyl (C=O) groups excluding carboxylic acids is 1. The summed E-state index contributed by atoms with van der Waals surface area (Å²) in [6, 6.07) is 0.0571. The predicted molar refractivity (Wildman–Crippen MR) is 128 cm³/mol. The second kappa shape index (κ2) is 12.5. The molecule has 0 spiro atoms. The molecule has 0 aliphatic carbocycles. The van der Waals surface area contributed by atoms with Crippen molar-refractivity contribution in [2.45, 2.75) is 73.1 Å². The molecule has 1 unspecified atom stereocenters. The van der Waals surface area contributed by atoms with E-state index in [2.05, 4.69) is 20.6 Å². The van der Waals surface area contributed by atoms with Gasteiger partial charge in [0, 0.05) is 31.1 Å². The first kappa shape index (κ1) is 26.9. The van der Waals surface area contributed by atoms with Crippen LogP contribution in [0.2, 0.25) is 0 Å². The molecule has 1 heterocycles. The summed E-state index contributed by atoms with van der Waals surface area (Å²) in [5.74, 6) is 0.773. The van der Waals surface area contributed by atoms with Gasteiger partial charge in [0.25, 0.3) is 0 Å². The van der Waals surface area contributed by atoms with E-state index in [1.54, 1.807) is 23.3 Å². The van der Waals surface area contributed by atoms with Gasteiger partial charge in [-0.1, -0.05) is 0 Å². The summed E-state index contributed by atoms with van der Waals surface area (Å²) >= 11 is 1.68. The van der Waals surface area contributed by atoms with E-state index in [4.69, 9.17) is 4.74 Å². The van der Waals surface area contributed by atoms with Crippen LogP contribution in [0.25, 0.3) is 0 Å². The Morgan fingerprint density at radius 1 is 1.32 bits per heavy atom. The fourth-order valence-electron chi connectivity index (χ4n) is 2.32. The van der Waals surface area contributed by atoms with Gasteiger partial charge in [0.15, 0.2) is 5.96 Å². The van der Waals surface area contributed by atoms with Crippen molar-refractivity contribution < 1.29 is 9.53 Å². The SMILES string of the molecule is CCNC(=NCc1sc(C)nc1C)NCCC(C)N(C)C(=O)OC(C)(C)C.I. The number of amides is 1. The van der Waals surface area contributed by atoms with Crippen LogP contribution in [0.1, 0.15) is 56.6 Å². The molecule has 1 aromatic rings. The smallest absolute Gasteiger partial charge is 0.410 e. The lowest BCUT2D eigenvalue weighted by molar-refractivity contribution is 0.0230. The maximum atomic E-state index is 12.1. The number of ether oxygens (including phenoxy) is 1. The van der Waals surface area contributed by atoms with E-state index in [9.17, 15) is 4.79 Å². The second-order valence-electron chi connectivity index (χ2n) is 7.59. The molecule has 162 valence electrons. The number of rotatable bonds is 7. The van der Waals surface area contributed by atoms with Gasteiger partial charge in [-0.3, -0.25) is 0 Å². The summed E-state index contributed by atoms with van der Waals surface area (Å²) in [5, 5.41) is 7.65. The van der Waals surface area contributed by atoms with Crippen LogP contribution >= 0.6 is 35.3 Å². The van der Waals surface area contributed by atoms with Gasteiger partial charge in [0.1, 0.15) is 5.60 Å². The molecule has 2 N–H and O–H groups in total. The summed E-state index contributed by atoms with van der Waals surface area (Å²) in [7, 11) is 1.77. The highest BCUT2D eigenvalue weighted by molar-refractivity contribution is 14.0. The molecule has 0 aliphatic heterocycles. The van der Waals surface area contributed by atoms with E-state index < -0.39 is 5.60 Å². The minimum absolute atomic E-state index is 0. The summed E-state index contributed by atoms with van der Waals surface area (Å²) < 4.78 is 5.41. The average molecular weight is 526 g/mol. The second-order valence-corrected chi connectivity index (χ2v) is 8.88. The molecule has 0 aromatic carbocycles. The van der Waals surface area contributed by atoms with Crippen LogP contribution in [0, 0.1) is 13.8 Å². The van der Waals surface area contributed by atoms with Gasteiger partial charge in [-0.05, 0) is 54.9 Å². The first-order valence-corrected chi connectivity index (χ1v) is 10.3. The van der Waals surface area contributed by atoms with Gasteiger partial charge in [-0.25, -0.2) is 14.8 Å². The summed E-state index contributed by atoms with van der Waals surface area (Å²) in [6.45, 7) is 15.8. The molecule has 7 nitrogen and oxygen atoms in total. The summed E-state index contributed by atoms with van der Waals surface area (Å²) in [4.78, 5) is 24.0. The Balaban J connectivity index is 0.00000729. The third-order valence-corrected chi connectivity index (χ3v) is 4.98. The minimum Gasteiger partial charge on any atom is -0.444 e. The first-order chi connectivity index (χ1) is 12.5. The first-order valence-electron chi connectivity index (χ1n) is 9.44. The fourth-order valence-corrected chi connectivity index (χ4v) is 3.18. The van der Waals surface area contributed by atoms with Gasteiger partial charge >= 0.3 is 6.09 Å². The zero-order chi connectivity index (χ0) is 20.6. The Morgan fingerprint density at radius 3 is 2.46 bits per heavy atom. The number of thiazole rings is 1. The molecule has 1 rings (SSSR count). The van der Waals surface area contributed by atoms with Crippen LogP contribution in [0.4, 0.5) is 4.79 Å². The van der Waals surface area contributed by atoms with Crippen LogP contribution in [0.3, 0.4) is 0 Å². The highest BCUT2D eigenvalue weighted by atomic mass is 127. The number of hydrogen-bond acceptors (Lipinski definition) is 5. The molecule has 1 aromatic heterocycles. The van der Waals surface area contributed by atoms with E-state index >= 15 is 0 Å². The van der Waals surface area contributed by atoms with Crippen molar-refractivity contribution in [3.63, 3.8) is 0 Å². The third kappa shape index (κ3) is 9.90. The zero-order valence-corrected chi connectivity index (χ0v) is 21.5. The van der Waals surface area contributed by atoms with Crippen molar-refractivity contribution in [3.8, 4) is 0 Å². The highest BCUT2D eigenvalue weighted by Crippen LogP contribution is 2.17. The Hall–Kier alpha value is -1.10. The predicted octanol–water partition coefficient (Wildman–Crippen LogP) is 4.08. The largest absolute Gasteiger partial charge is 0.444 e. The topological polar surface area (TPSA) is 78.9 Å². The number of aryl methyl sites for hydroxylation is 2. The Morgan fingerprint density at radius 2 is 1.96 bits per heavy atom. The standard InChI is InChI=1S/C19H35N5O2S.HI/c1-9-20-17(22-12-16-14(3)23-15(4)27-16)21-11-10-13(2)24(8)18(25)26-19(5,6)7;/h13H,9-12H2,1-8H3,(H2,20,21,22);1H. The van der Waals surface area contributed by atoms with Gasteiger partial charge in [-0.15, -0.1) is 35.3 Å². The quantitative estimate of drug-likeness (QED) is 0.319. The third-order valence-electron chi connectivity index (χ3n) is 3.92. The maximum absolute atomic E-state index is 12.1. The zero-order valence-electron chi connectivity index (χ0n) is 18.4. The number of hydrogen-bond donors (Lipinski definition) is 2. The van der Waals surface area contributed by atoms with Gasteiger partial charge < -0.3 is 20.3 Å². The van der Waals surface area contributed by atoms with Crippen molar-refractivity contribution in [2.75, 3.05) is 20.1 Å². The Labute approximate surface area is 190 Å². The highest BCUT2D eigenvalue weighted by Gasteiger charge is 2.22. The number of nitrogens with one attached hydrogen (secondary N) is 2. The van der Waals surface area contributed by atoms with E-state index in [0.29, 0.717) is 13.1 Å². The molecule has 1 amide bonds. The van der Waals surface area contributed by atoms with E-state index in [0.717, 1.165) is 29.6 Å². The van der Waals surface area contributed by atoms with Crippen LogP contribution in [0.15, 0.2) is 4.99 Å². The van der Waals surface area contributed by atoms with E-state index in [1.165, 1.54) is 4.88 Å². The molecular weight excluding hydrogens is 489 g/mol. The Bertz CT molecular complexity index is 643. The lowest BCUT2D eigenvalue weighted by atomic mass is 10.2. The van der Waals surface area contributed by atoms with Crippen LogP contribution < -0.4 is 10.6 Å². The summed E-state index contributed by atoms with van der Waals surface area (Å²) in [6.07, 6.45) is 0.491. The van der Waals surface area contributed by atoms with E-state index in [1.807, 2.05) is 48.5 Å². The molecule has 0 fully saturated rings. The van der Waals surface area contributed by atoms with Gasteiger partial charge in [-0.2, -0.15) is 0 Å². The lowest BCUT2D eigenvalue weighted by Gasteiger charge is -2.28. The molecule has 1 atom stereocenters. The minimum atomic E-state index is -0.485. The van der Waals surface area contributed by atoms with Crippen LogP contribution in [-0.4, -0.2) is 53.7 Å². The monoisotopic (exact) mass is 525 g/mol. The van der Waals surface area contributed by atoms with Crippen molar-refractivity contribution in [1.82, 2.24) is 20.5 Å². The van der Waals surface area contributed by atoms with Crippen molar-refractivity contribution in [2.24, 2.45) is 4.99 Å². The van der Waals surface area contributed by atoms with Crippen LogP contribution in [0.5, 0.6) is 0 Å². The van der Waals surface area contributed by atoms with Crippen molar-refractivity contribution in [3.05, 3.63) is 15.6 Å². The molecule has 0 bridgehead atoms. The van der Waals surface area contributed by atoms with E-state index in [-0.39, 0.29) is 36.1 Å². The molecule has 0 saturated heterocycles. The molecule has 0 aliphatic rings. The van der Waals surface area contributed by atoms with Gasteiger partial charge in [0.2, 0.25) is 0 Å². The Kier molecular flexibility index (Phi) is 12.0. The van der Waals surface area contributed by atoms with Crippen molar-refractivity contribution in [1.29, 1.82) is 0 Å². The number of nitrogens with zero attached hydrogens (tertiary/aromatic N) is 3.